The monoisotopic (exact) mass is 202 g/mol. The van der Waals surface area contributed by atoms with Crippen LogP contribution < -0.4 is 0 Å². The molecule has 0 unspecified atom stereocenters. The Balaban J connectivity index is 2.33. The Bertz CT molecular complexity index is 419. The Hall–Kier alpha value is -1.57. The van der Waals surface area contributed by atoms with Crippen LogP contribution in [-0.4, -0.2) is 12.4 Å². The number of ketones is 1. The molecular weight excluding hydrogens is 188 g/mol. The minimum absolute atomic E-state index is 0.233. The van der Waals surface area contributed by atoms with Crippen LogP contribution in [0.4, 0.5) is 0 Å². The number of hydrogen-bond donors (Lipinski definition) is 0. The van der Waals surface area contributed by atoms with Gasteiger partial charge in [0, 0.05) is 17.5 Å². The van der Waals surface area contributed by atoms with Crippen LogP contribution in [-0.2, 0) is 11.2 Å². The third-order valence-corrected chi connectivity index (χ3v) is 2.67. The second-order valence-corrected chi connectivity index (χ2v) is 3.65. The molecule has 2 rings (SSSR count). The van der Waals surface area contributed by atoms with Crippen LogP contribution in [0.3, 0.4) is 0 Å². The zero-order valence-electron chi connectivity index (χ0n) is 8.88. The fraction of sp³-hybridized carbons (Fsp3) is 0.308. The van der Waals surface area contributed by atoms with Gasteiger partial charge in [0.1, 0.15) is 5.76 Å². The lowest BCUT2D eigenvalue weighted by molar-refractivity contribution is 0.0994. The van der Waals surface area contributed by atoms with Crippen molar-refractivity contribution in [3.05, 3.63) is 41.5 Å². The lowest BCUT2D eigenvalue weighted by atomic mass is 10.1. The first-order valence-electron chi connectivity index (χ1n) is 5.20. The third-order valence-electron chi connectivity index (χ3n) is 2.67. The van der Waals surface area contributed by atoms with E-state index in [4.69, 9.17) is 4.74 Å². The Morgan fingerprint density at radius 2 is 2.27 bits per heavy atom. The second-order valence-electron chi connectivity index (χ2n) is 3.65. The molecule has 1 aliphatic rings. The van der Waals surface area contributed by atoms with Gasteiger partial charge in [0.2, 0.25) is 0 Å². The number of hydrogen-bond acceptors (Lipinski definition) is 2. The molecule has 2 nitrogen and oxygen atoms in total. The number of Topliss-reactive ketones (excluding diaryl/α,β-unsaturated/α-hetero) is 1. The molecule has 0 aromatic heterocycles. The lowest BCUT2D eigenvalue weighted by Gasteiger charge is -2.08. The summed E-state index contributed by atoms with van der Waals surface area (Å²) in [6.07, 6.45) is 1.51. The van der Waals surface area contributed by atoms with Crippen LogP contribution in [0.15, 0.2) is 24.8 Å². The zero-order chi connectivity index (χ0) is 10.8. The summed E-state index contributed by atoms with van der Waals surface area (Å²) in [7, 11) is 0. The van der Waals surface area contributed by atoms with Crippen molar-refractivity contribution in [2.45, 2.75) is 19.8 Å². The van der Waals surface area contributed by atoms with Crippen molar-refractivity contribution in [3.8, 4) is 0 Å². The van der Waals surface area contributed by atoms with Gasteiger partial charge in [0.15, 0.2) is 5.78 Å². The highest BCUT2D eigenvalue weighted by molar-refractivity contribution is 6.01. The average molecular weight is 202 g/mol. The van der Waals surface area contributed by atoms with Crippen LogP contribution in [0.2, 0.25) is 0 Å². The SMILES string of the molecule is C=C(OCC)c1ccc2c(c1)C(=O)CC2. The minimum Gasteiger partial charge on any atom is -0.494 e. The molecule has 0 spiro atoms. The van der Waals surface area contributed by atoms with Gasteiger partial charge in [-0.1, -0.05) is 18.7 Å². The normalized spacial score (nSPS) is 13.8. The Kier molecular flexibility index (Phi) is 2.58. The highest BCUT2D eigenvalue weighted by atomic mass is 16.5. The standard InChI is InChI=1S/C13H14O2/c1-3-15-9(2)11-5-4-10-6-7-13(14)12(10)8-11/h4-5,8H,2-3,6-7H2,1H3. The van der Waals surface area contributed by atoms with E-state index in [1.165, 1.54) is 0 Å². The fourth-order valence-electron chi connectivity index (χ4n) is 1.87. The highest BCUT2D eigenvalue weighted by Gasteiger charge is 2.19. The molecule has 0 radical (unpaired) electrons. The topological polar surface area (TPSA) is 26.3 Å². The van der Waals surface area contributed by atoms with Crippen molar-refractivity contribution in [1.82, 2.24) is 0 Å². The van der Waals surface area contributed by atoms with Gasteiger partial charge in [-0.15, -0.1) is 0 Å². The maximum Gasteiger partial charge on any atom is 0.163 e. The van der Waals surface area contributed by atoms with Gasteiger partial charge in [-0.25, -0.2) is 0 Å². The number of rotatable bonds is 3. The van der Waals surface area contributed by atoms with E-state index in [1.54, 1.807) is 0 Å². The van der Waals surface area contributed by atoms with E-state index >= 15 is 0 Å². The molecule has 0 N–H and O–H groups in total. The van der Waals surface area contributed by atoms with E-state index in [9.17, 15) is 4.79 Å². The number of carbonyl (C=O) groups excluding carboxylic acids is 1. The van der Waals surface area contributed by atoms with Gasteiger partial charge >= 0.3 is 0 Å². The Morgan fingerprint density at radius 1 is 1.47 bits per heavy atom. The van der Waals surface area contributed by atoms with E-state index in [0.29, 0.717) is 18.8 Å². The molecule has 0 atom stereocenters. The van der Waals surface area contributed by atoms with Crippen molar-refractivity contribution in [2.75, 3.05) is 6.61 Å². The third kappa shape index (κ3) is 1.80. The number of fused-ring (bicyclic) bond motifs is 1. The highest BCUT2D eigenvalue weighted by Crippen LogP contribution is 2.25. The van der Waals surface area contributed by atoms with Gasteiger partial charge in [-0.3, -0.25) is 4.79 Å². The van der Waals surface area contributed by atoms with Gasteiger partial charge in [0.25, 0.3) is 0 Å². The molecule has 15 heavy (non-hydrogen) atoms. The quantitative estimate of drug-likeness (QED) is 0.704. The van der Waals surface area contributed by atoms with Crippen molar-refractivity contribution < 1.29 is 9.53 Å². The molecule has 0 heterocycles. The zero-order valence-corrected chi connectivity index (χ0v) is 8.88. The van der Waals surface area contributed by atoms with E-state index in [0.717, 1.165) is 23.1 Å². The van der Waals surface area contributed by atoms with Crippen molar-refractivity contribution in [1.29, 1.82) is 0 Å². The number of carbonyl (C=O) groups is 1. The molecule has 0 fully saturated rings. The van der Waals surface area contributed by atoms with Crippen molar-refractivity contribution in [3.63, 3.8) is 0 Å². The van der Waals surface area contributed by atoms with Gasteiger partial charge in [-0.05, 0) is 25.0 Å². The summed E-state index contributed by atoms with van der Waals surface area (Å²) in [5.74, 6) is 0.871. The maximum absolute atomic E-state index is 11.5. The maximum atomic E-state index is 11.5. The summed E-state index contributed by atoms with van der Waals surface area (Å²) >= 11 is 0. The van der Waals surface area contributed by atoms with Gasteiger partial charge in [-0.2, -0.15) is 0 Å². The van der Waals surface area contributed by atoms with Crippen LogP contribution >= 0.6 is 0 Å². The first-order chi connectivity index (χ1) is 7.22. The first kappa shape index (κ1) is 9.97. The minimum atomic E-state index is 0.233. The fourth-order valence-corrected chi connectivity index (χ4v) is 1.87. The molecule has 0 bridgehead atoms. The summed E-state index contributed by atoms with van der Waals surface area (Å²) in [5, 5.41) is 0. The Labute approximate surface area is 89.6 Å². The summed E-state index contributed by atoms with van der Waals surface area (Å²) in [4.78, 5) is 11.5. The van der Waals surface area contributed by atoms with E-state index < -0.39 is 0 Å². The first-order valence-corrected chi connectivity index (χ1v) is 5.20. The molecule has 0 saturated heterocycles. The molecule has 0 saturated carbocycles. The van der Waals surface area contributed by atoms with Gasteiger partial charge < -0.3 is 4.74 Å². The van der Waals surface area contributed by atoms with Crippen molar-refractivity contribution in [2.24, 2.45) is 0 Å². The van der Waals surface area contributed by atoms with Gasteiger partial charge in [0.05, 0.1) is 6.61 Å². The van der Waals surface area contributed by atoms with Crippen LogP contribution in [0.5, 0.6) is 0 Å². The molecule has 0 amide bonds. The number of aryl methyl sites for hydroxylation is 1. The molecule has 1 aliphatic carbocycles. The number of benzene rings is 1. The van der Waals surface area contributed by atoms with Crippen LogP contribution in [0.25, 0.3) is 5.76 Å². The molecule has 78 valence electrons. The molecule has 0 aliphatic heterocycles. The Morgan fingerprint density at radius 3 is 3.00 bits per heavy atom. The molecule has 1 aromatic rings. The van der Waals surface area contributed by atoms with Crippen LogP contribution in [0, 0.1) is 0 Å². The predicted octanol–water partition coefficient (Wildman–Crippen LogP) is 2.82. The molecular formula is C13H14O2. The largest absolute Gasteiger partial charge is 0.494 e. The summed E-state index contributed by atoms with van der Waals surface area (Å²) in [6.45, 7) is 6.35. The average Bonchev–Trinajstić information content (AvgIpc) is 2.60. The summed E-state index contributed by atoms with van der Waals surface area (Å²) in [6, 6.07) is 5.86. The second kappa shape index (κ2) is 3.89. The van der Waals surface area contributed by atoms with E-state index in [1.807, 2.05) is 25.1 Å². The number of ether oxygens (including phenoxy) is 1. The predicted molar refractivity (Wildman–Crippen MR) is 59.8 cm³/mol. The van der Waals surface area contributed by atoms with Crippen LogP contribution in [0.1, 0.15) is 34.8 Å². The molecule has 1 aromatic carbocycles. The summed E-state index contributed by atoms with van der Waals surface area (Å²) < 4.78 is 5.32. The van der Waals surface area contributed by atoms with Crippen molar-refractivity contribution >= 4 is 11.5 Å². The van der Waals surface area contributed by atoms with E-state index in [-0.39, 0.29) is 5.78 Å². The van der Waals surface area contributed by atoms with E-state index in [2.05, 4.69) is 6.58 Å². The lowest BCUT2D eigenvalue weighted by Crippen LogP contribution is -1.95. The summed E-state index contributed by atoms with van der Waals surface area (Å²) in [5.41, 5.74) is 2.90. The smallest absolute Gasteiger partial charge is 0.163 e. The molecule has 2 heteroatoms.